The first-order valence-electron chi connectivity index (χ1n) is 5.44. The Morgan fingerprint density at radius 3 is 2.73 bits per heavy atom. The number of pyridine rings is 1. The smallest absolute Gasteiger partial charge is 0.122 e. The van der Waals surface area contributed by atoms with Gasteiger partial charge in [-0.3, -0.25) is 4.98 Å². The number of nitrogens with one attached hydrogen (secondary N) is 1. The average Bonchev–Trinajstić information content (AvgIpc) is 2.98. The third-order valence-corrected chi connectivity index (χ3v) is 2.77. The van der Waals surface area contributed by atoms with Gasteiger partial charge in [-0.2, -0.15) is 0 Å². The van der Waals surface area contributed by atoms with Crippen LogP contribution in [0.2, 0.25) is 0 Å². The molecule has 1 saturated carbocycles. The lowest BCUT2D eigenvalue weighted by atomic mass is 10.1. The molecule has 1 fully saturated rings. The van der Waals surface area contributed by atoms with Crippen LogP contribution in [-0.2, 0) is 5.54 Å². The van der Waals surface area contributed by atoms with Gasteiger partial charge in [0.05, 0.1) is 18.3 Å². The summed E-state index contributed by atoms with van der Waals surface area (Å²) in [6.45, 7) is 4.33. The van der Waals surface area contributed by atoms with Crippen molar-refractivity contribution in [2.45, 2.75) is 38.3 Å². The third-order valence-electron chi connectivity index (χ3n) is 2.77. The molecular weight excluding hydrogens is 188 g/mol. The second kappa shape index (κ2) is 3.81. The van der Waals surface area contributed by atoms with Crippen molar-refractivity contribution in [3.63, 3.8) is 0 Å². The highest BCUT2D eigenvalue weighted by Gasteiger charge is 2.45. The molecule has 1 N–H and O–H groups in total. The Morgan fingerprint density at radius 1 is 1.47 bits per heavy atom. The van der Waals surface area contributed by atoms with Crippen molar-refractivity contribution in [2.24, 2.45) is 0 Å². The zero-order valence-electron chi connectivity index (χ0n) is 9.58. The van der Waals surface area contributed by atoms with Gasteiger partial charge in [0.1, 0.15) is 5.75 Å². The molecule has 0 aromatic carbocycles. The van der Waals surface area contributed by atoms with Crippen molar-refractivity contribution in [2.75, 3.05) is 7.11 Å². The largest absolute Gasteiger partial charge is 0.497 e. The lowest BCUT2D eigenvalue weighted by molar-refractivity contribution is 0.407. The molecule has 0 atom stereocenters. The summed E-state index contributed by atoms with van der Waals surface area (Å²) in [6.07, 6.45) is 4.16. The molecule has 1 aliphatic rings. The third kappa shape index (κ3) is 2.12. The predicted octanol–water partition coefficient (Wildman–Crippen LogP) is 2.08. The minimum atomic E-state index is 0.114. The van der Waals surface area contributed by atoms with E-state index in [1.165, 1.54) is 12.8 Å². The molecule has 0 unspecified atom stereocenters. The van der Waals surface area contributed by atoms with E-state index in [2.05, 4.69) is 24.1 Å². The molecule has 2 rings (SSSR count). The zero-order chi connectivity index (χ0) is 10.9. The number of nitrogens with zero attached hydrogens (tertiary/aromatic N) is 1. The molecule has 1 aliphatic carbocycles. The maximum Gasteiger partial charge on any atom is 0.122 e. The Bertz CT molecular complexity index is 345. The Labute approximate surface area is 90.9 Å². The highest BCUT2D eigenvalue weighted by atomic mass is 16.5. The van der Waals surface area contributed by atoms with Crippen LogP contribution >= 0.6 is 0 Å². The van der Waals surface area contributed by atoms with E-state index in [1.807, 2.05) is 18.3 Å². The maximum absolute atomic E-state index is 5.21. The molecule has 0 radical (unpaired) electrons. The first-order valence-corrected chi connectivity index (χ1v) is 5.44. The summed E-state index contributed by atoms with van der Waals surface area (Å²) in [5.74, 6) is 0.886. The summed E-state index contributed by atoms with van der Waals surface area (Å²) in [7, 11) is 1.69. The Balaban J connectivity index is 2.21. The van der Waals surface area contributed by atoms with Crippen molar-refractivity contribution in [1.29, 1.82) is 0 Å². The number of ether oxygens (including phenoxy) is 1. The lowest BCUT2D eigenvalue weighted by Crippen LogP contribution is -2.35. The summed E-state index contributed by atoms with van der Waals surface area (Å²) >= 11 is 0. The molecule has 1 aromatic heterocycles. The van der Waals surface area contributed by atoms with Gasteiger partial charge in [-0.15, -0.1) is 0 Å². The molecule has 3 heteroatoms. The maximum atomic E-state index is 5.21. The number of rotatable bonds is 4. The Morgan fingerprint density at radius 2 is 2.20 bits per heavy atom. The highest BCUT2D eigenvalue weighted by molar-refractivity contribution is 5.31. The second-order valence-electron chi connectivity index (χ2n) is 4.46. The van der Waals surface area contributed by atoms with Crippen LogP contribution in [0, 0.1) is 0 Å². The highest BCUT2D eigenvalue weighted by Crippen LogP contribution is 2.45. The SMILES string of the molecule is COc1ccnc(C2(NC(C)C)CC2)c1. The molecule has 1 aromatic rings. The molecule has 0 bridgehead atoms. The van der Waals surface area contributed by atoms with Gasteiger partial charge in [-0.1, -0.05) is 0 Å². The molecule has 0 saturated heterocycles. The molecule has 0 amide bonds. The number of hydrogen-bond donors (Lipinski definition) is 1. The van der Waals surface area contributed by atoms with Crippen molar-refractivity contribution in [3.05, 3.63) is 24.0 Å². The summed E-state index contributed by atoms with van der Waals surface area (Å²) in [6, 6.07) is 4.40. The minimum Gasteiger partial charge on any atom is -0.497 e. The van der Waals surface area contributed by atoms with E-state index >= 15 is 0 Å². The van der Waals surface area contributed by atoms with Crippen LogP contribution in [0.15, 0.2) is 18.3 Å². The van der Waals surface area contributed by atoms with Crippen molar-refractivity contribution in [3.8, 4) is 5.75 Å². The Hall–Kier alpha value is -1.09. The standard InChI is InChI=1S/C12H18N2O/c1-9(2)14-12(5-6-12)11-8-10(15-3)4-7-13-11/h4,7-9,14H,5-6H2,1-3H3. The van der Waals surface area contributed by atoms with Crippen LogP contribution < -0.4 is 10.1 Å². The van der Waals surface area contributed by atoms with E-state index in [9.17, 15) is 0 Å². The van der Waals surface area contributed by atoms with Crippen LogP contribution in [0.1, 0.15) is 32.4 Å². The van der Waals surface area contributed by atoms with Crippen molar-refractivity contribution < 1.29 is 4.74 Å². The van der Waals surface area contributed by atoms with E-state index < -0.39 is 0 Å². The van der Waals surface area contributed by atoms with E-state index in [1.54, 1.807) is 7.11 Å². The monoisotopic (exact) mass is 206 g/mol. The summed E-state index contributed by atoms with van der Waals surface area (Å²) < 4.78 is 5.21. The van der Waals surface area contributed by atoms with E-state index in [-0.39, 0.29) is 5.54 Å². The fourth-order valence-corrected chi connectivity index (χ4v) is 1.95. The zero-order valence-corrected chi connectivity index (χ0v) is 9.58. The van der Waals surface area contributed by atoms with E-state index in [0.29, 0.717) is 6.04 Å². The molecule has 3 nitrogen and oxygen atoms in total. The van der Waals surface area contributed by atoms with Gasteiger partial charge in [0.15, 0.2) is 0 Å². The predicted molar refractivity (Wildman–Crippen MR) is 60.0 cm³/mol. The summed E-state index contributed by atoms with van der Waals surface area (Å²) in [5.41, 5.74) is 1.22. The first kappa shape index (κ1) is 10.4. The number of hydrogen-bond acceptors (Lipinski definition) is 3. The van der Waals surface area contributed by atoms with Gasteiger partial charge in [-0.25, -0.2) is 0 Å². The lowest BCUT2D eigenvalue weighted by Gasteiger charge is -2.20. The molecule has 15 heavy (non-hydrogen) atoms. The second-order valence-corrected chi connectivity index (χ2v) is 4.46. The van der Waals surface area contributed by atoms with Gasteiger partial charge >= 0.3 is 0 Å². The van der Waals surface area contributed by atoms with Crippen LogP contribution in [0.4, 0.5) is 0 Å². The summed E-state index contributed by atoms with van der Waals surface area (Å²) in [5, 5.41) is 3.58. The van der Waals surface area contributed by atoms with Crippen LogP contribution in [0.3, 0.4) is 0 Å². The molecule has 82 valence electrons. The fraction of sp³-hybridized carbons (Fsp3) is 0.583. The first-order chi connectivity index (χ1) is 7.16. The van der Waals surface area contributed by atoms with Gasteiger partial charge in [0.25, 0.3) is 0 Å². The molecular formula is C12H18N2O. The number of methoxy groups -OCH3 is 1. The van der Waals surface area contributed by atoms with Crippen molar-refractivity contribution >= 4 is 0 Å². The Kier molecular flexibility index (Phi) is 2.65. The van der Waals surface area contributed by atoms with E-state index in [4.69, 9.17) is 4.74 Å². The van der Waals surface area contributed by atoms with Gasteiger partial charge in [-0.05, 0) is 32.8 Å². The van der Waals surface area contributed by atoms with Crippen LogP contribution in [-0.4, -0.2) is 18.1 Å². The van der Waals surface area contributed by atoms with Crippen LogP contribution in [0.5, 0.6) is 5.75 Å². The molecule has 1 heterocycles. The summed E-state index contributed by atoms with van der Waals surface area (Å²) in [4.78, 5) is 4.43. The van der Waals surface area contributed by atoms with Gasteiger partial charge in [0, 0.05) is 18.3 Å². The molecule has 0 spiro atoms. The topological polar surface area (TPSA) is 34.1 Å². The quantitative estimate of drug-likeness (QED) is 0.819. The average molecular weight is 206 g/mol. The van der Waals surface area contributed by atoms with Gasteiger partial charge < -0.3 is 10.1 Å². The number of aromatic nitrogens is 1. The normalized spacial score (nSPS) is 17.9. The van der Waals surface area contributed by atoms with Crippen molar-refractivity contribution in [1.82, 2.24) is 10.3 Å². The fourth-order valence-electron chi connectivity index (χ4n) is 1.95. The molecule has 0 aliphatic heterocycles. The minimum absolute atomic E-state index is 0.114. The van der Waals surface area contributed by atoms with Crippen LogP contribution in [0.25, 0.3) is 0 Å². The van der Waals surface area contributed by atoms with Gasteiger partial charge in [0.2, 0.25) is 0 Å². The van der Waals surface area contributed by atoms with E-state index in [0.717, 1.165) is 11.4 Å².